The molecule has 1 aromatic rings. The Morgan fingerprint density at radius 3 is 2.30 bits per heavy atom. The molecule has 0 amide bonds. The monoisotopic (exact) mass is 482 g/mol. The summed E-state index contributed by atoms with van der Waals surface area (Å²) in [6.45, 7) is 16.0. The third kappa shape index (κ3) is 11.5. The van der Waals surface area contributed by atoms with Crippen LogP contribution in [0.3, 0.4) is 0 Å². The second kappa shape index (κ2) is 14.1. The zero-order valence-corrected chi connectivity index (χ0v) is 23.0. The molecule has 190 valence electrons. The maximum atomic E-state index is 11.6. The van der Waals surface area contributed by atoms with Crippen LogP contribution in [0.2, 0.25) is 18.1 Å². The van der Waals surface area contributed by atoms with Crippen molar-refractivity contribution in [1.82, 2.24) is 0 Å². The maximum absolute atomic E-state index is 11.6. The predicted molar refractivity (Wildman–Crippen MR) is 135 cm³/mol. The summed E-state index contributed by atoms with van der Waals surface area (Å²) in [5, 5.41) is 10.3. The van der Waals surface area contributed by atoms with Crippen molar-refractivity contribution in [2.75, 3.05) is 13.7 Å². The van der Waals surface area contributed by atoms with Gasteiger partial charge in [-0.1, -0.05) is 32.9 Å². The highest BCUT2D eigenvalue weighted by Crippen LogP contribution is 2.38. The molecule has 1 unspecified atom stereocenters. The fourth-order valence-electron chi connectivity index (χ4n) is 3.40. The van der Waals surface area contributed by atoms with Gasteiger partial charge in [0.05, 0.1) is 39.0 Å². The van der Waals surface area contributed by atoms with Gasteiger partial charge in [0.2, 0.25) is 0 Å². The third-order valence-electron chi connectivity index (χ3n) is 6.31. The SMILES string of the molecule is CCOC(=O)CC(O)CCC[C@H](C[C@@H](C)O[Si](C)(C)C(C)(C)C)OCc1ccc(OC)cc1. The molecule has 33 heavy (non-hydrogen) atoms. The first-order valence-corrected chi connectivity index (χ1v) is 15.0. The first-order valence-electron chi connectivity index (χ1n) is 12.1. The standard InChI is InChI=1S/C26H46O6Si/c1-9-30-25(28)18-22(27)11-10-12-24(17-20(2)32-33(7,8)26(3,4)5)31-19-21-13-15-23(29-6)16-14-21/h13-16,20,22,24,27H,9-12,17-19H2,1-8H3/t20-,22?,24-/m1/s1. The minimum Gasteiger partial charge on any atom is -0.497 e. The van der Waals surface area contributed by atoms with E-state index in [9.17, 15) is 9.90 Å². The van der Waals surface area contributed by atoms with E-state index in [4.69, 9.17) is 18.6 Å². The summed E-state index contributed by atoms with van der Waals surface area (Å²) in [5.74, 6) is 0.468. The van der Waals surface area contributed by atoms with E-state index in [1.54, 1.807) is 14.0 Å². The Balaban J connectivity index is 2.69. The molecule has 6 nitrogen and oxygen atoms in total. The fourth-order valence-corrected chi connectivity index (χ4v) is 4.85. The maximum Gasteiger partial charge on any atom is 0.308 e. The highest BCUT2D eigenvalue weighted by atomic mass is 28.4. The summed E-state index contributed by atoms with van der Waals surface area (Å²) in [6, 6.07) is 7.88. The number of benzene rings is 1. The Hall–Kier alpha value is -1.41. The first-order chi connectivity index (χ1) is 15.4. The first kappa shape index (κ1) is 29.6. The van der Waals surface area contributed by atoms with Crippen molar-refractivity contribution < 1.29 is 28.5 Å². The molecule has 0 aliphatic rings. The van der Waals surface area contributed by atoms with Gasteiger partial charge >= 0.3 is 5.97 Å². The molecule has 0 spiro atoms. The van der Waals surface area contributed by atoms with E-state index in [1.165, 1.54) is 0 Å². The van der Waals surface area contributed by atoms with E-state index in [0.717, 1.165) is 30.6 Å². The Morgan fingerprint density at radius 2 is 1.76 bits per heavy atom. The highest BCUT2D eigenvalue weighted by molar-refractivity contribution is 6.74. The van der Waals surface area contributed by atoms with Gasteiger partial charge < -0.3 is 23.7 Å². The van der Waals surface area contributed by atoms with Crippen molar-refractivity contribution in [2.24, 2.45) is 0 Å². The molecule has 0 fully saturated rings. The van der Waals surface area contributed by atoms with Crippen LogP contribution in [0.15, 0.2) is 24.3 Å². The lowest BCUT2D eigenvalue weighted by Crippen LogP contribution is -2.44. The van der Waals surface area contributed by atoms with Gasteiger partial charge in [0.15, 0.2) is 8.32 Å². The number of rotatable bonds is 15. The van der Waals surface area contributed by atoms with Crippen LogP contribution >= 0.6 is 0 Å². The fraction of sp³-hybridized carbons (Fsp3) is 0.731. The van der Waals surface area contributed by atoms with Crippen molar-refractivity contribution in [3.8, 4) is 5.75 Å². The number of aliphatic hydroxyl groups excluding tert-OH is 1. The van der Waals surface area contributed by atoms with Gasteiger partial charge in [-0.05, 0) is 75.4 Å². The van der Waals surface area contributed by atoms with Gasteiger partial charge in [-0.2, -0.15) is 0 Å². The summed E-state index contributed by atoms with van der Waals surface area (Å²) in [6.07, 6.45) is 2.32. The molecular formula is C26H46O6Si. The lowest BCUT2D eigenvalue weighted by atomic mass is 10.0. The van der Waals surface area contributed by atoms with Crippen LogP contribution in [-0.4, -0.2) is 51.4 Å². The van der Waals surface area contributed by atoms with Crippen molar-refractivity contribution in [3.63, 3.8) is 0 Å². The number of methoxy groups -OCH3 is 1. The van der Waals surface area contributed by atoms with Crippen molar-refractivity contribution in [1.29, 1.82) is 0 Å². The van der Waals surface area contributed by atoms with E-state index >= 15 is 0 Å². The van der Waals surface area contributed by atoms with E-state index in [0.29, 0.717) is 19.6 Å². The quantitative estimate of drug-likeness (QED) is 0.249. The topological polar surface area (TPSA) is 74.2 Å². The van der Waals surface area contributed by atoms with Crippen LogP contribution in [0, 0.1) is 0 Å². The number of hydrogen-bond acceptors (Lipinski definition) is 6. The van der Waals surface area contributed by atoms with Gasteiger partial charge in [-0.25, -0.2) is 0 Å². The lowest BCUT2D eigenvalue weighted by molar-refractivity contribution is -0.145. The van der Waals surface area contributed by atoms with E-state index in [1.807, 2.05) is 24.3 Å². The summed E-state index contributed by atoms with van der Waals surface area (Å²) < 4.78 is 23.0. The summed E-state index contributed by atoms with van der Waals surface area (Å²) in [5.41, 5.74) is 1.08. The second-order valence-electron chi connectivity index (χ2n) is 10.3. The zero-order chi connectivity index (χ0) is 25.1. The number of hydrogen-bond donors (Lipinski definition) is 1. The highest BCUT2D eigenvalue weighted by Gasteiger charge is 2.38. The molecule has 0 heterocycles. The van der Waals surface area contributed by atoms with Gasteiger partial charge in [-0.15, -0.1) is 0 Å². The molecule has 1 aromatic carbocycles. The average Bonchev–Trinajstić information content (AvgIpc) is 2.71. The average molecular weight is 483 g/mol. The number of esters is 1. The van der Waals surface area contributed by atoms with E-state index in [2.05, 4.69) is 40.8 Å². The molecule has 0 bridgehead atoms. The molecule has 0 aliphatic heterocycles. The Morgan fingerprint density at radius 1 is 1.12 bits per heavy atom. The second-order valence-corrected chi connectivity index (χ2v) is 15.1. The summed E-state index contributed by atoms with van der Waals surface area (Å²) in [4.78, 5) is 11.6. The normalized spacial score (nSPS) is 15.1. The minimum atomic E-state index is -1.87. The zero-order valence-electron chi connectivity index (χ0n) is 22.0. The Kier molecular flexibility index (Phi) is 12.6. The molecule has 0 saturated carbocycles. The Labute approximate surface area is 202 Å². The Bertz CT molecular complexity index is 683. The van der Waals surface area contributed by atoms with Crippen LogP contribution in [-0.2, 0) is 25.3 Å². The molecule has 1 rings (SSSR count). The molecule has 7 heteroatoms. The van der Waals surface area contributed by atoms with E-state index < -0.39 is 14.4 Å². The van der Waals surface area contributed by atoms with E-state index in [-0.39, 0.29) is 29.6 Å². The number of carbonyl (C=O) groups is 1. The summed E-state index contributed by atoms with van der Waals surface area (Å²) >= 11 is 0. The molecular weight excluding hydrogens is 436 g/mol. The molecule has 3 atom stereocenters. The van der Waals surface area contributed by atoms with Crippen LogP contribution in [0.25, 0.3) is 0 Å². The smallest absolute Gasteiger partial charge is 0.308 e. The van der Waals surface area contributed by atoms with Gasteiger partial charge in [0.1, 0.15) is 5.75 Å². The van der Waals surface area contributed by atoms with Crippen molar-refractivity contribution in [2.45, 2.75) is 110 Å². The molecule has 0 aromatic heterocycles. The van der Waals surface area contributed by atoms with Crippen LogP contribution in [0.4, 0.5) is 0 Å². The molecule has 0 radical (unpaired) electrons. The lowest BCUT2D eigenvalue weighted by Gasteiger charge is -2.39. The molecule has 0 aliphatic carbocycles. The number of carbonyl (C=O) groups excluding carboxylic acids is 1. The van der Waals surface area contributed by atoms with Gasteiger partial charge in [0, 0.05) is 6.10 Å². The number of aliphatic hydroxyl groups is 1. The molecule has 0 saturated heterocycles. The van der Waals surface area contributed by atoms with Crippen molar-refractivity contribution in [3.05, 3.63) is 29.8 Å². The predicted octanol–water partition coefficient (Wildman–Crippen LogP) is 5.87. The van der Waals surface area contributed by atoms with Crippen LogP contribution in [0.1, 0.15) is 72.3 Å². The largest absolute Gasteiger partial charge is 0.497 e. The summed E-state index contributed by atoms with van der Waals surface area (Å²) in [7, 11) is -0.214. The number of ether oxygens (including phenoxy) is 3. The minimum absolute atomic E-state index is 0.00154. The van der Waals surface area contributed by atoms with Gasteiger partial charge in [-0.3, -0.25) is 4.79 Å². The van der Waals surface area contributed by atoms with Crippen molar-refractivity contribution >= 4 is 14.3 Å². The van der Waals surface area contributed by atoms with Gasteiger partial charge in [0.25, 0.3) is 0 Å². The van der Waals surface area contributed by atoms with Crippen LogP contribution in [0.5, 0.6) is 5.75 Å². The third-order valence-corrected chi connectivity index (χ3v) is 10.9. The molecule has 1 N–H and O–H groups in total. The van der Waals surface area contributed by atoms with Crippen LogP contribution < -0.4 is 4.74 Å².